The van der Waals surface area contributed by atoms with Gasteiger partial charge < -0.3 is 10.2 Å². The molecule has 3 nitrogen and oxygen atoms in total. The summed E-state index contributed by atoms with van der Waals surface area (Å²) in [5.41, 5.74) is 1.66. The predicted molar refractivity (Wildman–Crippen MR) is 60.7 cm³/mol. The van der Waals surface area contributed by atoms with Gasteiger partial charge in [0.15, 0.2) is 0 Å². The first-order valence-electron chi connectivity index (χ1n) is 5.35. The molecule has 84 valence electrons. The highest BCUT2D eigenvalue weighted by molar-refractivity contribution is 5.36. The van der Waals surface area contributed by atoms with E-state index in [0.717, 1.165) is 30.8 Å². The van der Waals surface area contributed by atoms with Crippen LogP contribution in [0.5, 0.6) is 5.75 Å². The Balaban J connectivity index is 2.77. The van der Waals surface area contributed by atoms with Crippen molar-refractivity contribution in [2.24, 2.45) is 0 Å². The topological polar surface area (TPSA) is 43.7 Å². The fraction of sp³-hybridized carbons (Fsp3) is 0.500. The summed E-state index contributed by atoms with van der Waals surface area (Å²) in [6.07, 6.45) is 0. The maximum atomic E-state index is 9.72. The van der Waals surface area contributed by atoms with Gasteiger partial charge in [0, 0.05) is 12.1 Å². The summed E-state index contributed by atoms with van der Waals surface area (Å²) in [4.78, 5) is 2.23. The second kappa shape index (κ2) is 5.73. The number of aliphatic hydroxyl groups is 1. The van der Waals surface area contributed by atoms with Crippen LogP contribution in [0.3, 0.4) is 0 Å². The zero-order chi connectivity index (χ0) is 11.3. The third-order valence-electron chi connectivity index (χ3n) is 2.62. The van der Waals surface area contributed by atoms with Crippen LogP contribution in [-0.2, 0) is 13.2 Å². The second-order valence-corrected chi connectivity index (χ2v) is 3.58. The Hall–Kier alpha value is -1.06. The van der Waals surface area contributed by atoms with E-state index in [2.05, 4.69) is 18.7 Å². The standard InChI is InChI=1S/C12H19NO2/c1-3-13(4-2)8-11-6-5-10(9-14)7-12(11)15/h5-7,14-15H,3-4,8-9H2,1-2H3. The maximum absolute atomic E-state index is 9.72. The Morgan fingerprint density at radius 1 is 1.20 bits per heavy atom. The molecule has 0 unspecified atom stereocenters. The normalized spacial score (nSPS) is 10.9. The van der Waals surface area contributed by atoms with Gasteiger partial charge in [-0.1, -0.05) is 26.0 Å². The first-order chi connectivity index (χ1) is 7.21. The van der Waals surface area contributed by atoms with E-state index in [-0.39, 0.29) is 12.4 Å². The molecule has 0 aliphatic rings. The summed E-state index contributed by atoms with van der Waals surface area (Å²) >= 11 is 0. The number of nitrogens with zero attached hydrogens (tertiary/aromatic N) is 1. The lowest BCUT2D eigenvalue weighted by molar-refractivity contribution is 0.279. The molecule has 0 aromatic heterocycles. The third kappa shape index (κ3) is 3.22. The SMILES string of the molecule is CCN(CC)Cc1ccc(CO)cc1O. The number of benzene rings is 1. The van der Waals surface area contributed by atoms with Gasteiger partial charge >= 0.3 is 0 Å². The van der Waals surface area contributed by atoms with E-state index in [1.165, 1.54) is 0 Å². The Morgan fingerprint density at radius 2 is 1.87 bits per heavy atom. The van der Waals surface area contributed by atoms with Gasteiger partial charge in [-0.3, -0.25) is 4.90 Å². The van der Waals surface area contributed by atoms with Crippen LogP contribution in [0.4, 0.5) is 0 Å². The third-order valence-corrected chi connectivity index (χ3v) is 2.62. The molecule has 1 aromatic carbocycles. The molecular formula is C12H19NO2. The molecule has 1 aromatic rings. The van der Waals surface area contributed by atoms with E-state index in [9.17, 15) is 5.11 Å². The van der Waals surface area contributed by atoms with Crippen molar-refractivity contribution in [3.63, 3.8) is 0 Å². The van der Waals surface area contributed by atoms with Crippen LogP contribution in [0, 0.1) is 0 Å². The van der Waals surface area contributed by atoms with Gasteiger partial charge in [0.1, 0.15) is 5.75 Å². The van der Waals surface area contributed by atoms with Crippen LogP contribution in [0.15, 0.2) is 18.2 Å². The summed E-state index contributed by atoms with van der Waals surface area (Å²) in [7, 11) is 0. The van der Waals surface area contributed by atoms with Gasteiger partial charge in [0.2, 0.25) is 0 Å². The van der Waals surface area contributed by atoms with Crippen LogP contribution in [0.25, 0.3) is 0 Å². The van der Waals surface area contributed by atoms with Crippen LogP contribution in [0.1, 0.15) is 25.0 Å². The van der Waals surface area contributed by atoms with E-state index < -0.39 is 0 Å². The van der Waals surface area contributed by atoms with Crippen molar-refractivity contribution >= 4 is 0 Å². The highest BCUT2D eigenvalue weighted by Crippen LogP contribution is 2.20. The molecule has 0 radical (unpaired) electrons. The molecule has 1 rings (SSSR count). The molecule has 0 heterocycles. The number of hydrogen-bond donors (Lipinski definition) is 2. The Bertz CT molecular complexity index is 308. The smallest absolute Gasteiger partial charge is 0.120 e. The van der Waals surface area contributed by atoms with Crippen molar-refractivity contribution in [1.82, 2.24) is 4.90 Å². The molecule has 0 saturated carbocycles. The van der Waals surface area contributed by atoms with Crippen molar-refractivity contribution < 1.29 is 10.2 Å². The molecule has 0 aliphatic heterocycles. The molecule has 0 atom stereocenters. The van der Waals surface area contributed by atoms with E-state index in [1.807, 2.05) is 12.1 Å². The summed E-state index contributed by atoms with van der Waals surface area (Å²) in [5.74, 6) is 0.272. The van der Waals surface area contributed by atoms with Gasteiger partial charge in [-0.25, -0.2) is 0 Å². The van der Waals surface area contributed by atoms with Gasteiger partial charge in [0.25, 0.3) is 0 Å². The fourth-order valence-corrected chi connectivity index (χ4v) is 1.53. The molecule has 0 amide bonds. The number of aliphatic hydroxyl groups excluding tert-OH is 1. The van der Waals surface area contributed by atoms with Gasteiger partial charge in [-0.15, -0.1) is 0 Å². The molecule has 2 N–H and O–H groups in total. The molecule has 0 bridgehead atoms. The first kappa shape index (κ1) is 12.0. The minimum atomic E-state index is -0.0287. The zero-order valence-corrected chi connectivity index (χ0v) is 9.40. The minimum Gasteiger partial charge on any atom is -0.508 e. The van der Waals surface area contributed by atoms with Crippen molar-refractivity contribution in [3.8, 4) is 5.75 Å². The molecule has 0 fully saturated rings. The average Bonchev–Trinajstić information content (AvgIpc) is 2.27. The minimum absolute atomic E-state index is 0.0287. The molecule has 3 heteroatoms. The van der Waals surface area contributed by atoms with Crippen molar-refractivity contribution in [2.45, 2.75) is 27.0 Å². The molecule has 0 saturated heterocycles. The Kier molecular flexibility index (Phi) is 4.59. The monoisotopic (exact) mass is 209 g/mol. The average molecular weight is 209 g/mol. The lowest BCUT2D eigenvalue weighted by Gasteiger charge is -2.18. The van der Waals surface area contributed by atoms with Crippen molar-refractivity contribution in [1.29, 1.82) is 0 Å². The van der Waals surface area contributed by atoms with E-state index in [4.69, 9.17) is 5.11 Å². The summed E-state index contributed by atoms with van der Waals surface area (Å²) < 4.78 is 0. The number of hydrogen-bond acceptors (Lipinski definition) is 3. The molecule has 0 spiro atoms. The highest BCUT2D eigenvalue weighted by Gasteiger charge is 2.06. The number of aromatic hydroxyl groups is 1. The summed E-state index contributed by atoms with van der Waals surface area (Å²) in [5, 5.41) is 18.6. The van der Waals surface area contributed by atoms with Crippen LogP contribution >= 0.6 is 0 Å². The van der Waals surface area contributed by atoms with Crippen LogP contribution < -0.4 is 0 Å². The summed E-state index contributed by atoms with van der Waals surface area (Å²) in [6, 6.07) is 5.34. The Morgan fingerprint density at radius 3 is 2.33 bits per heavy atom. The van der Waals surface area contributed by atoms with E-state index in [0.29, 0.717) is 0 Å². The Labute approximate surface area is 91.0 Å². The quantitative estimate of drug-likeness (QED) is 0.776. The van der Waals surface area contributed by atoms with Crippen molar-refractivity contribution in [3.05, 3.63) is 29.3 Å². The molecule has 0 aliphatic carbocycles. The van der Waals surface area contributed by atoms with Crippen LogP contribution in [-0.4, -0.2) is 28.2 Å². The zero-order valence-electron chi connectivity index (χ0n) is 9.40. The maximum Gasteiger partial charge on any atom is 0.120 e. The van der Waals surface area contributed by atoms with E-state index in [1.54, 1.807) is 6.07 Å². The number of phenols is 1. The number of rotatable bonds is 5. The first-order valence-corrected chi connectivity index (χ1v) is 5.35. The number of phenolic OH excluding ortho intramolecular Hbond substituents is 1. The summed E-state index contributed by atoms with van der Waals surface area (Å²) in [6.45, 7) is 6.87. The lowest BCUT2D eigenvalue weighted by atomic mass is 10.1. The predicted octanol–water partition coefficient (Wildman–Crippen LogP) is 1.73. The van der Waals surface area contributed by atoms with Gasteiger partial charge in [-0.05, 0) is 24.7 Å². The lowest BCUT2D eigenvalue weighted by Crippen LogP contribution is -2.22. The van der Waals surface area contributed by atoms with Crippen molar-refractivity contribution in [2.75, 3.05) is 13.1 Å². The van der Waals surface area contributed by atoms with E-state index >= 15 is 0 Å². The molecular weight excluding hydrogens is 190 g/mol. The fourth-order valence-electron chi connectivity index (χ4n) is 1.53. The molecule has 15 heavy (non-hydrogen) atoms. The van der Waals surface area contributed by atoms with Crippen LogP contribution in [0.2, 0.25) is 0 Å². The second-order valence-electron chi connectivity index (χ2n) is 3.58. The van der Waals surface area contributed by atoms with Gasteiger partial charge in [0.05, 0.1) is 6.61 Å². The highest BCUT2D eigenvalue weighted by atomic mass is 16.3. The van der Waals surface area contributed by atoms with Gasteiger partial charge in [-0.2, -0.15) is 0 Å². The largest absolute Gasteiger partial charge is 0.508 e.